The average molecular weight is 262 g/mol. The van der Waals surface area contributed by atoms with E-state index in [1.54, 1.807) is 0 Å². The first-order chi connectivity index (χ1) is 9.12. The second kappa shape index (κ2) is 7.03. The van der Waals surface area contributed by atoms with Crippen molar-refractivity contribution in [2.24, 2.45) is 5.73 Å². The fourth-order valence-corrected chi connectivity index (χ4v) is 1.31. The van der Waals surface area contributed by atoms with Crippen LogP contribution in [0, 0.1) is 12.3 Å². The third kappa shape index (κ3) is 4.01. The van der Waals surface area contributed by atoms with Gasteiger partial charge in [0.1, 0.15) is 12.4 Å². The molecule has 0 radical (unpaired) electrons. The van der Waals surface area contributed by atoms with Crippen LogP contribution < -0.4 is 15.8 Å². The standard InChI is InChI=1S/C13H14N2O4/c1-3-6-19-11-7-9(13(17)18-2)4-5-10(11)15-12(16)8-14/h1,4-5,7H,6,8,14H2,2H3,(H,15,16). The molecule has 0 saturated carbocycles. The van der Waals surface area contributed by atoms with E-state index in [2.05, 4.69) is 16.0 Å². The zero-order valence-corrected chi connectivity index (χ0v) is 10.4. The van der Waals surface area contributed by atoms with Crippen LogP contribution in [0.2, 0.25) is 0 Å². The summed E-state index contributed by atoms with van der Waals surface area (Å²) < 4.78 is 9.86. The molecule has 3 N–H and O–H groups in total. The first kappa shape index (κ1) is 14.5. The number of terminal acetylenes is 1. The summed E-state index contributed by atoms with van der Waals surface area (Å²) in [6.45, 7) is -0.149. The van der Waals surface area contributed by atoms with E-state index >= 15 is 0 Å². The van der Waals surface area contributed by atoms with Crippen LogP contribution in [0.3, 0.4) is 0 Å². The molecule has 1 aromatic carbocycles. The lowest BCUT2D eigenvalue weighted by atomic mass is 10.2. The Bertz CT molecular complexity index is 520. The van der Waals surface area contributed by atoms with Gasteiger partial charge in [0.25, 0.3) is 0 Å². The van der Waals surface area contributed by atoms with Crippen molar-refractivity contribution >= 4 is 17.6 Å². The van der Waals surface area contributed by atoms with Gasteiger partial charge >= 0.3 is 5.97 Å². The highest BCUT2D eigenvalue weighted by molar-refractivity contribution is 5.95. The Hall–Kier alpha value is -2.52. The van der Waals surface area contributed by atoms with E-state index in [9.17, 15) is 9.59 Å². The number of anilines is 1. The summed E-state index contributed by atoms with van der Waals surface area (Å²) in [5, 5.41) is 2.54. The number of amides is 1. The molecule has 0 bridgehead atoms. The summed E-state index contributed by atoms with van der Waals surface area (Å²) in [6, 6.07) is 4.46. The van der Waals surface area contributed by atoms with Gasteiger partial charge in [-0.25, -0.2) is 4.79 Å². The van der Waals surface area contributed by atoms with Gasteiger partial charge in [0.15, 0.2) is 0 Å². The molecule has 19 heavy (non-hydrogen) atoms. The molecule has 0 heterocycles. The van der Waals surface area contributed by atoms with Crippen molar-refractivity contribution in [1.82, 2.24) is 0 Å². The number of esters is 1. The van der Waals surface area contributed by atoms with Crippen LogP contribution in [-0.2, 0) is 9.53 Å². The molecule has 1 aromatic rings. The van der Waals surface area contributed by atoms with E-state index < -0.39 is 5.97 Å². The maximum Gasteiger partial charge on any atom is 0.337 e. The highest BCUT2D eigenvalue weighted by atomic mass is 16.5. The number of hydrogen-bond acceptors (Lipinski definition) is 5. The van der Waals surface area contributed by atoms with Crippen molar-refractivity contribution in [3.8, 4) is 18.1 Å². The van der Waals surface area contributed by atoms with Gasteiger partial charge in [-0.05, 0) is 18.2 Å². The van der Waals surface area contributed by atoms with Crippen molar-refractivity contribution in [2.75, 3.05) is 25.6 Å². The quantitative estimate of drug-likeness (QED) is 0.591. The number of carbonyl (C=O) groups excluding carboxylic acids is 2. The van der Waals surface area contributed by atoms with Crippen LogP contribution in [0.15, 0.2) is 18.2 Å². The molecule has 0 saturated heterocycles. The smallest absolute Gasteiger partial charge is 0.337 e. The average Bonchev–Trinajstić information content (AvgIpc) is 2.45. The van der Waals surface area contributed by atoms with E-state index in [4.69, 9.17) is 16.9 Å². The predicted octanol–water partition coefficient (Wildman–Crippen LogP) is 0.382. The van der Waals surface area contributed by atoms with Crippen LogP contribution >= 0.6 is 0 Å². The largest absolute Gasteiger partial charge is 0.479 e. The Balaban J connectivity index is 3.05. The van der Waals surface area contributed by atoms with E-state index in [0.29, 0.717) is 11.3 Å². The van der Waals surface area contributed by atoms with Gasteiger partial charge in [0, 0.05) is 0 Å². The summed E-state index contributed by atoms with van der Waals surface area (Å²) in [4.78, 5) is 22.7. The Morgan fingerprint density at radius 2 is 2.21 bits per heavy atom. The fourth-order valence-electron chi connectivity index (χ4n) is 1.31. The Labute approximate surface area is 110 Å². The SMILES string of the molecule is C#CCOc1cc(C(=O)OC)ccc1NC(=O)CN. The first-order valence-electron chi connectivity index (χ1n) is 5.41. The molecule has 0 spiro atoms. The molecule has 0 aromatic heterocycles. The molecule has 1 amide bonds. The molecule has 0 aliphatic heterocycles. The zero-order valence-electron chi connectivity index (χ0n) is 10.4. The van der Waals surface area contributed by atoms with Gasteiger partial charge in [-0.2, -0.15) is 0 Å². The van der Waals surface area contributed by atoms with Crippen molar-refractivity contribution in [3.63, 3.8) is 0 Å². The lowest BCUT2D eigenvalue weighted by molar-refractivity contribution is -0.114. The fraction of sp³-hybridized carbons (Fsp3) is 0.231. The Morgan fingerprint density at radius 1 is 1.47 bits per heavy atom. The summed E-state index contributed by atoms with van der Waals surface area (Å²) in [6.07, 6.45) is 5.10. The maximum absolute atomic E-state index is 11.4. The van der Waals surface area contributed by atoms with Crippen molar-refractivity contribution in [3.05, 3.63) is 23.8 Å². The minimum absolute atomic E-state index is 0.0100. The molecule has 0 unspecified atom stereocenters. The van der Waals surface area contributed by atoms with Gasteiger partial charge in [-0.15, -0.1) is 6.42 Å². The van der Waals surface area contributed by atoms with Crippen LogP contribution in [0.5, 0.6) is 5.75 Å². The minimum Gasteiger partial charge on any atom is -0.479 e. The second-order valence-corrected chi connectivity index (χ2v) is 3.45. The molecule has 0 fully saturated rings. The van der Waals surface area contributed by atoms with Crippen LogP contribution in [0.25, 0.3) is 0 Å². The van der Waals surface area contributed by atoms with Crippen molar-refractivity contribution in [2.45, 2.75) is 0 Å². The number of carbonyl (C=O) groups is 2. The number of nitrogens with two attached hydrogens (primary N) is 1. The van der Waals surface area contributed by atoms with Crippen LogP contribution in [0.4, 0.5) is 5.69 Å². The Kier molecular flexibility index (Phi) is 5.38. The third-order valence-corrected chi connectivity index (χ3v) is 2.17. The molecule has 0 aliphatic rings. The predicted molar refractivity (Wildman–Crippen MR) is 69.8 cm³/mol. The minimum atomic E-state index is -0.512. The van der Waals surface area contributed by atoms with Crippen molar-refractivity contribution in [1.29, 1.82) is 0 Å². The molecule has 0 aliphatic carbocycles. The molecule has 100 valence electrons. The third-order valence-electron chi connectivity index (χ3n) is 2.17. The highest BCUT2D eigenvalue weighted by Crippen LogP contribution is 2.26. The number of methoxy groups -OCH3 is 1. The lowest BCUT2D eigenvalue weighted by Crippen LogP contribution is -2.22. The second-order valence-electron chi connectivity index (χ2n) is 3.45. The zero-order chi connectivity index (χ0) is 14.3. The normalized spacial score (nSPS) is 9.32. The summed E-state index contributed by atoms with van der Waals surface area (Å²) >= 11 is 0. The monoisotopic (exact) mass is 262 g/mol. The molecular formula is C13H14N2O4. The first-order valence-corrected chi connectivity index (χ1v) is 5.41. The van der Waals surface area contributed by atoms with E-state index in [-0.39, 0.29) is 24.8 Å². The van der Waals surface area contributed by atoms with Crippen LogP contribution in [0.1, 0.15) is 10.4 Å². The van der Waals surface area contributed by atoms with Gasteiger partial charge in [0.2, 0.25) is 5.91 Å². The Morgan fingerprint density at radius 3 is 2.79 bits per heavy atom. The number of nitrogens with one attached hydrogen (secondary N) is 1. The lowest BCUT2D eigenvalue weighted by Gasteiger charge is -2.11. The summed E-state index contributed by atoms with van der Waals surface area (Å²) in [5.41, 5.74) is 5.89. The van der Waals surface area contributed by atoms with Gasteiger partial charge in [0.05, 0.1) is 24.9 Å². The number of ether oxygens (including phenoxy) is 2. The van der Waals surface area contributed by atoms with Gasteiger partial charge in [-0.1, -0.05) is 5.92 Å². The summed E-state index contributed by atoms with van der Waals surface area (Å²) in [5.74, 6) is 1.69. The van der Waals surface area contributed by atoms with E-state index in [1.165, 1.54) is 25.3 Å². The van der Waals surface area contributed by atoms with Crippen molar-refractivity contribution < 1.29 is 19.1 Å². The topological polar surface area (TPSA) is 90.6 Å². The molecule has 0 atom stereocenters. The molecule has 6 nitrogen and oxygen atoms in total. The summed E-state index contributed by atoms with van der Waals surface area (Å²) in [7, 11) is 1.27. The maximum atomic E-state index is 11.4. The molecule has 1 rings (SSSR count). The number of benzene rings is 1. The highest BCUT2D eigenvalue weighted by Gasteiger charge is 2.12. The van der Waals surface area contributed by atoms with Gasteiger partial charge in [-0.3, -0.25) is 4.79 Å². The van der Waals surface area contributed by atoms with E-state index in [0.717, 1.165) is 0 Å². The number of hydrogen-bond donors (Lipinski definition) is 2. The van der Waals surface area contributed by atoms with Gasteiger partial charge < -0.3 is 20.5 Å². The number of rotatable bonds is 5. The molecule has 6 heteroatoms. The molecular weight excluding hydrogens is 248 g/mol. The van der Waals surface area contributed by atoms with E-state index in [1.807, 2.05) is 0 Å². The van der Waals surface area contributed by atoms with Crippen LogP contribution in [-0.4, -0.2) is 32.1 Å².